The molecular weight excluding hydrogens is 256 g/mol. The van der Waals surface area contributed by atoms with E-state index in [4.69, 9.17) is 0 Å². The zero-order chi connectivity index (χ0) is 14.7. The molecule has 2 rings (SSSR count). The number of carbonyl (C=O) groups is 2. The normalized spacial score (nSPS) is 21.5. The van der Waals surface area contributed by atoms with E-state index in [2.05, 4.69) is 10.3 Å². The molecule has 1 aromatic heterocycles. The second-order valence-electron chi connectivity index (χ2n) is 5.15. The number of aliphatic carboxylic acids is 1. The lowest BCUT2D eigenvalue weighted by Crippen LogP contribution is -2.35. The number of pyridine rings is 1. The molecule has 5 heteroatoms. The van der Waals surface area contributed by atoms with E-state index in [9.17, 15) is 14.7 Å². The third-order valence-corrected chi connectivity index (χ3v) is 3.44. The number of nitrogens with one attached hydrogen (secondary N) is 1. The molecule has 0 aromatic carbocycles. The summed E-state index contributed by atoms with van der Waals surface area (Å²) < 4.78 is 0. The number of amides is 1. The van der Waals surface area contributed by atoms with Crippen LogP contribution in [0.5, 0.6) is 0 Å². The molecule has 0 fully saturated rings. The number of hydrogen-bond donors (Lipinski definition) is 2. The molecule has 20 heavy (non-hydrogen) atoms. The number of carboxylic acid groups (broad SMARTS) is 1. The lowest BCUT2D eigenvalue weighted by atomic mass is 9.82. The molecular formula is C15H18N2O3. The summed E-state index contributed by atoms with van der Waals surface area (Å²) in [7, 11) is 0. The lowest BCUT2D eigenvalue weighted by molar-refractivity contribution is -0.146. The highest BCUT2D eigenvalue weighted by atomic mass is 16.4. The smallest absolute Gasteiger partial charge is 0.307 e. The van der Waals surface area contributed by atoms with Gasteiger partial charge in [0.1, 0.15) is 5.82 Å². The minimum absolute atomic E-state index is 0.278. The Kier molecular flexibility index (Phi) is 4.17. The van der Waals surface area contributed by atoms with Gasteiger partial charge in [-0.2, -0.15) is 0 Å². The molecule has 0 saturated heterocycles. The Morgan fingerprint density at radius 2 is 1.85 bits per heavy atom. The first-order chi connectivity index (χ1) is 9.47. The maximum atomic E-state index is 12.3. The highest BCUT2D eigenvalue weighted by Gasteiger charge is 2.34. The van der Waals surface area contributed by atoms with Crippen LogP contribution in [0.1, 0.15) is 24.1 Å². The molecule has 0 radical (unpaired) electrons. The van der Waals surface area contributed by atoms with Crippen molar-refractivity contribution in [1.82, 2.24) is 4.98 Å². The number of carboxylic acids is 1. The van der Waals surface area contributed by atoms with Crippen LogP contribution in [-0.4, -0.2) is 22.0 Å². The van der Waals surface area contributed by atoms with Crippen LogP contribution < -0.4 is 5.32 Å². The van der Waals surface area contributed by atoms with Crippen molar-refractivity contribution in [3.05, 3.63) is 35.5 Å². The molecule has 2 N–H and O–H groups in total. The molecule has 106 valence electrons. The summed E-state index contributed by atoms with van der Waals surface area (Å²) >= 11 is 0. The van der Waals surface area contributed by atoms with Gasteiger partial charge in [-0.1, -0.05) is 12.2 Å². The second-order valence-corrected chi connectivity index (χ2v) is 5.15. The predicted octanol–water partition coefficient (Wildman–Crippen LogP) is 2.30. The monoisotopic (exact) mass is 274 g/mol. The van der Waals surface area contributed by atoms with Gasteiger partial charge in [0.05, 0.1) is 11.8 Å². The first kappa shape index (κ1) is 14.2. The van der Waals surface area contributed by atoms with E-state index in [1.807, 2.05) is 32.1 Å². The van der Waals surface area contributed by atoms with Gasteiger partial charge in [-0.3, -0.25) is 9.59 Å². The Morgan fingerprint density at radius 3 is 2.45 bits per heavy atom. The Bertz CT molecular complexity index is 546. The van der Waals surface area contributed by atoms with E-state index in [1.165, 1.54) is 0 Å². The van der Waals surface area contributed by atoms with Gasteiger partial charge in [0.2, 0.25) is 5.91 Å². The topological polar surface area (TPSA) is 79.3 Å². The summed E-state index contributed by atoms with van der Waals surface area (Å²) in [5.41, 5.74) is 1.82. The van der Waals surface area contributed by atoms with Crippen molar-refractivity contribution in [3.8, 4) is 0 Å². The third kappa shape index (κ3) is 3.23. The van der Waals surface area contributed by atoms with Gasteiger partial charge >= 0.3 is 5.97 Å². The SMILES string of the molecule is Cc1cc(C)nc(NC(=O)[C@H]2CC=CC[C@@H]2C(=O)O)c1. The highest BCUT2D eigenvalue weighted by molar-refractivity contribution is 5.94. The zero-order valence-corrected chi connectivity index (χ0v) is 11.6. The van der Waals surface area contributed by atoms with Gasteiger partial charge in [0.25, 0.3) is 0 Å². The molecule has 1 amide bonds. The maximum absolute atomic E-state index is 12.3. The molecule has 0 spiro atoms. The van der Waals surface area contributed by atoms with E-state index in [0.717, 1.165) is 11.3 Å². The number of rotatable bonds is 3. The van der Waals surface area contributed by atoms with Crippen LogP contribution in [0.25, 0.3) is 0 Å². The van der Waals surface area contributed by atoms with Crippen molar-refractivity contribution in [2.75, 3.05) is 5.32 Å². The molecule has 0 bridgehead atoms. The van der Waals surface area contributed by atoms with E-state index < -0.39 is 17.8 Å². The van der Waals surface area contributed by atoms with Gasteiger partial charge in [-0.15, -0.1) is 0 Å². The molecule has 1 heterocycles. The average molecular weight is 274 g/mol. The van der Waals surface area contributed by atoms with Gasteiger partial charge < -0.3 is 10.4 Å². The fraction of sp³-hybridized carbons (Fsp3) is 0.400. The Balaban J connectivity index is 2.14. The highest BCUT2D eigenvalue weighted by Crippen LogP contribution is 2.27. The average Bonchev–Trinajstić information content (AvgIpc) is 2.37. The molecule has 5 nitrogen and oxygen atoms in total. The number of nitrogens with zero attached hydrogens (tertiary/aromatic N) is 1. The van der Waals surface area contributed by atoms with E-state index in [1.54, 1.807) is 6.07 Å². The minimum Gasteiger partial charge on any atom is -0.481 e. The predicted molar refractivity (Wildman–Crippen MR) is 75.3 cm³/mol. The van der Waals surface area contributed by atoms with Crippen LogP contribution in [0.4, 0.5) is 5.82 Å². The number of allylic oxidation sites excluding steroid dienone is 2. The molecule has 1 aromatic rings. The summed E-state index contributed by atoms with van der Waals surface area (Å²) in [5.74, 6) is -1.93. The summed E-state index contributed by atoms with van der Waals surface area (Å²) in [4.78, 5) is 27.7. The number of aromatic nitrogens is 1. The number of hydrogen-bond acceptors (Lipinski definition) is 3. The van der Waals surface area contributed by atoms with Crippen molar-refractivity contribution >= 4 is 17.7 Å². The summed E-state index contributed by atoms with van der Waals surface area (Å²) in [6, 6.07) is 3.69. The fourth-order valence-corrected chi connectivity index (χ4v) is 2.50. The Morgan fingerprint density at radius 1 is 1.20 bits per heavy atom. The molecule has 0 saturated carbocycles. The van der Waals surface area contributed by atoms with Crippen molar-refractivity contribution < 1.29 is 14.7 Å². The van der Waals surface area contributed by atoms with Gasteiger partial charge in [0.15, 0.2) is 0 Å². The first-order valence-corrected chi connectivity index (χ1v) is 6.61. The van der Waals surface area contributed by atoms with E-state index in [-0.39, 0.29) is 5.91 Å². The molecule has 2 atom stereocenters. The first-order valence-electron chi connectivity index (χ1n) is 6.61. The van der Waals surface area contributed by atoms with Crippen LogP contribution in [0, 0.1) is 25.7 Å². The summed E-state index contributed by atoms with van der Waals surface area (Å²) in [5, 5.41) is 11.9. The van der Waals surface area contributed by atoms with Gasteiger partial charge in [0, 0.05) is 5.69 Å². The van der Waals surface area contributed by atoms with Crippen LogP contribution in [0.15, 0.2) is 24.3 Å². The van der Waals surface area contributed by atoms with E-state index in [0.29, 0.717) is 18.7 Å². The maximum Gasteiger partial charge on any atom is 0.307 e. The largest absolute Gasteiger partial charge is 0.481 e. The number of anilines is 1. The van der Waals surface area contributed by atoms with Gasteiger partial charge in [-0.25, -0.2) is 4.98 Å². The minimum atomic E-state index is -0.928. The summed E-state index contributed by atoms with van der Waals surface area (Å²) in [6.45, 7) is 3.78. The quantitative estimate of drug-likeness (QED) is 0.829. The summed E-state index contributed by atoms with van der Waals surface area (Å²) in [6.07, 6.45) is 4.53. The molecule has 0 aliphatic heterocycles. The molecule has 1 aliphatic rings. The zero-order valence-electron chi connectivity index (χ0n) is 11.6. The van der Waals surface area contributed by atoms with Crippen LogP contribution in [0.3, 0.4) is 0 Å². The van der Waals surface area contributed by atoms with Crippen LogP contribution in [-0.2, 0) is 9.59 Å². The Hall–Kier alpha value is -2.17. The van der Waals surface area contributed by atoms with Crippen LogP contribution in [0.2, 0.25) is 0 Å². The standard InChI is InChI=1S/C15H18N2O3/c1-9-7-10(2)16-13(8-9)17-14(18)11-5-3-4-6-12(11)15(19)20/h3-4,7-8,11-12H,5-6H2,1-2H3,(H,19,20)(H,16,17,18)/t11-,12-/m0/s1. The van der Waals surface area contributed by atoms with Crippen molar-refractivity contribution in [1.29, 1.82) is 0 Å². The number of carbonyl (C=O) groups excluding carboxylic acids is 1. The van der Waals surface area contributed by atoms with Crippen molar-refractivity contribution in [2.24, 2.45) is 11.8 Å². The molecule has 1 aliphatic carbocycles. The number of aryl methyl sites for hydroxylation is 2. The lowest BCUT2D eigenvalue weighted by Gasteiger charge is -2.24. The van der Waals surface area contributed by atoms with Crippen molar-refractivity contribution in [2.45, 2.75) is 26.7 Å². The Labute approximate surface area is 117 Å². The van der Waals surface area contributed by atoms with E-state index >= 15 is 0 Å². The van der Waals surface area contributed by atoms with Crippen molar-refractivity contribution in [3.63, 3.8) is 0 Å². The third-order valence-electron chi connectivity index (χ3n) is 3.44. The fourth-order valence-electron chi connectivity index (χ4n) is 2.50. The molecule has 0 unspecified atom stereocenters. The van der Waals surface area contributed by atoms with Crippen LogP contribution >= 0.6 is 0 Å². The van der Waals surface area contributed by atoms with Gasteiger partial charge in [-0.05, 0) is 44.4 Å². The second kappa shape index (κ2) is 5.86.